The van der Waals surface area contributed by atoms with Gasteiger partial charge in [-0.25, -0.2) is 9.59 Å². The topological polar surface area (TPSA) is 104 Å². The smallest absolute Gasteiger partial charge is 0.378 e. The molecule has 0 aliphatic heterocycles. The molecule has 0 rings (SSSR count). The van der Waals surface area contributed by atoms with Crippen molar-refractivity contribution in [2.75, 3.05) is 6.61 Å². The predicted octanol–water partition coefficient (Wildman–Crippen LogP) is 0.128. The lowest BCUT2D eigenvalue weighted by Crippen LogP contribution is -2.14. The molecule has 13 heavy (non-hydrogen) atoms. The molecular weight excluding hydrogens is 180 g/mol. The van der Waals surface area contributed by atoms with Crippen LogP contribution in [0.3, 0.4) is 0 Å². The first-order valence-electron chi connectivity index (χ1n) is 3.14. The second-order valence-corrected chi connectivity index (χ2v) is 1.89. The molecule has 6 nitrogen and oxygen atoms in total. The first-order valence-corrected chi connectivity index (χ1v) is 3.14. The first-order chi connectivity index (χ1) is 6.00. The number of carboxylic acid groups (broad SMARTS) is 1. The number of carbonyl (C=O) groups is 2. The molecule has 0 atom stereocenters. The number of carboxylic acids is 1. The molecule has 0 spiro atoms. The Morgan fingerprint density at radius 2 is 1.77 bits per heavy atom. The predicted molar refractivity (Wildman–Crippen MR) is 41.1 cm³/mol. The van der Waals surface area contributed by atoms with E-state index in [1.165, 1.54) is 6.08 Å². The summed E-state index contributed by atoms with van der Waals surface area (Å²) in [6.07, 6.45) is 1.23. The zero-order chi connectivity index (χ0) is 10.4. The molecule has 0 saturated heterocycles. The number of hydrogen-bond donors (Lipinski definition) is 3. The van der Waals surface area contributed by atoms with Gasteiger partial charge in [0.2, 0.25) is 0 Å². The van der Waals surface area contributed by atoms with Crippen molar-refractivity contribution in [3.63, 3.8) is 0 Å². The highest BCUT2D eigenvalue weighted by Crippen LogP contribution is 2.00. The summed E-state index contributed by atoms with van der Waals surface area (Å²) in [5.74, 6) is -5.92. The fraction of sp³-hybridized carbons (Fsp3) is 0.143. The van der Waals surface area contributed by atoms with Crippen LogP contribution in [0.2, 0.25) is 0 Å². The van der Waals surface area contributed by atoms with Gasteiger partial charge in [0.25, 0.3) is 11.5 Å². The molecule has 0 bridgehead atoms. The summed E-state index contributed by atoms with van der Waals surface area (Å²) >= 11 is 0. The molecule has 6 heteroatoms. The van der Waals surface area contributed by atoms with Crippen LogP contribution in [-0.4, -0.2) is 33.9 Å². The molecule has 0 aromatic rings. The lowest BCUT2D eigenvalue weighted by atomic mass is 10.4. The van der Waals surface area contributed by atoms with Gasteiger partial charge in [0.15, 0.2) is 0 Å². The first kappa shape index (κ1) is 11.0. The van der Waals surface area contributed by atoms with Crippen molar-refractivity contribution in [2.45, 2.75) is 0 Å². The maximum atomic E-state index is 10.6. The summed E-state index contributed by atoms with van der Waals surface area (Å²) in [7, 11) is 0. The molecule has 0 aromatic heterocycles. The van der Waals surface area contributed by atoms with E-state index in [1.54, 1.807) is 0 Å². The summed E-state index contributed by atoms with van der Waals surface area (Å²) in [6.45, 7) is 3.03. The van der Waals surface area contributed by atoms with Crippen molar-refractivity contribution in [1.82, 2.24) is 0 Å². The van der Waals surface area contributed by atoms with Crippen molar-refractivity contribution >= 4 is 11.9 Å². The van der Waals surface area contributed by atoms with Crippen molar-refractivity contribution in [1.29, 1.82) is 0 Å². The minimum Gasteiger partial charge on any atom is -0.499 e. The normalized spacial score (nSPS) is 11.4. The third-order valence-electron chi connectivity index (χ3n) is 0.953. The standard InChI is InChI=1S/C7H8O6/c1-2-3-13-7(12)5(9)4(8)6(10)11/h2,8-9H,1,3H2,(H,10,11)/b5-4+. The van der Waals surface area contributed by atoms with Gasteiger partial charge in [-0.1, -0.05) is 12.7 Å². The Labute approximate surface area is 73.4 Å². The number of aliphatic hydroxyl groups excluding tert-OH is 2. The molecule has 0 unspecified atom stereocenters. The summed E-state index contributed by atoms with van der Waals surface area (Å²) in [4.78, 5) is 20.7. The van der Waals surface area contributed by atoms with E-state index in [0.29, 0.717) is 0 Å². The average molecular weight is 188 g/mol. The highest BCUT2D eigenvalue weighted by atomic mass is 16.5. The van der Waals surface area contributed by atoms with Crippen LogP contribution in [0.15, 0.2) is 24.2 Å². The van der Waals surface area contributed by atoms with Crippen molar-refractivity contribution in [3.8, 4) is 0 Å². The Kier molecular flexibility index (Phi) is 4.08. The van der Waals surface area contributed by atoms with Gasteiger partial charge in [-0.3, -0.25) is 0 Å². The highest BCUT2D eigenvalue weighted by molar-refractivity contribution is 5.95. The third-order valence-corrected chi connectivity index (χ3v) is 0.953. The zero-order valence-corrected chi connectivity index (χ0v) is 6.56. The Morgan fingerprint density at radius 3 is 2.15 bits per heavy atom. The Bertz CT molecular complexity index is 264. The molecule has 0 radical (unpaired) electrons. The average Bonchev–Trinajstić information content (AvgIpc) is 2.11. The number of hydrogen-bond acceptors (Lipinski definition) is 5. The van der Waals surface area contributed by atoms with Gasteiger partial charge in [0.05, 0.1) is 0 Å². The van der Waals surface area contributed by atoms with E-state index >= 15 is 0 Å². The van der Waals surface area contributed by atoms with E-state index in [2.05, 4.69) is 11.3 Å². The largest absolute Gasteiger partial charge is 0.499 e. The molecule has 0 amide bonds. The summed E-state index contributed by atoms with van der Waals surface area (Å²) in [5.41, 5.74) is 0. The molecule has 0 aromatic carbocycles. The van der Waals surface area contributed by atoms with Gasteiger partial charge < -0.3 is 20.1 Å². The molecule has 72 valence electrons. The van der Waals surface area contributed by atoms with E-state index in [1.807, 2.05) is 0 Å². The van der Waals surface area contributed by atoms with Crippen molar-refractivity contribution < 1.29 is 29.6 Å². The molecule has 3 N–H and O–H groups in total. The molecule has 0 saturated carbocycles. The third kappa shape index (κ3) is 3.28. The van der Waals surface area contributed by atoms with Gasteiger partial charge in [0.1, 0.15) is 6.61 Å². The van der Waals surface area contributed by atoms with Crippen LogP contribution in [0.4, 0.5) is 0 Å². The Morgan fingerprint density at radius 1 is 1.23 bits per heavy atom. The minimum absolute atomic E-state index is 0.185. The van der Waals surface area contributed by atoms with E-state index in [-0.39, 0.29) is 6.61 Å². The van der Waals surface area contributed by atoms with Gasteiger partial charge >= 0.3 is 11.9 Å². The van der Waals surface area contributed by atoms with Crippen molar-refractivity contribution in [2.24, 2.45) is 0 Å². The molecule has 0 aliphatic carbocycles. The fourth-order valence-corrected chi connectivity index (χ4v) is 0.401. The van der Waals surface area contributed by atoms with Crippen LogP contribution >= 0.6 is 0 Å². The van der Waals surface area contributed by atoms with E-state index in [9.17, 15) is 9.59 Å². The zero-order valence-electron chi connectivity index (χ0n) is 6.56. The van der Waals surface area contributed by atoms with Crippen LogP contribution < -0.4 is 0 Å². The number of ether oxygens (including phenoxy) is 1. The Balaban J connectivity index is 4.48. The van der Waals surface area contributed by atoms with Crippen LogP contribution in [0.5, 0.6) is 0 Å². The van der Waals surface area contributed by atoms with Gasteiger partial charge in [-0.2, -0.15) is 0 Å². The van der Waals surface area contributed by atoms with Crippen LogP contribution in [-0.2, 0) is 14.3 Å². The van der Waals surface area contributed by atoms with Crippen LogP contribution in [0, 0.1) is 0 Å². The number of esters is 1. The summed E-state index contributed by atoms with van der Waals surface area (Å²) in [5, 5.41) is 25.4. The highest BCUT2D eigenvalue weighted by Gasteiger charge is 2.19. The number of aliphatic hydroxyl groups is 2. The summed E-state index contributed by atoms with van der Waals surface area (Å²) in [6, 6.07) is 0. The second kappa shape index (κ2) is 4.81. The molecule has 0 heterocycles. The monoisotopic (exact) mass is 188 g/mol. The minimum atomic E-state index is -1.81. The van der Waals surface area contributed by atoms with Gasteiger partial charge in [-0.15, -0.1) is 0 Å². The van der Waals surface area contributed by atoms with E-state index in [0.717, 1.165) is 0 Å². The summed E-state index contributed by atoms with van der Waals surface area (Å²) < 4.78 is 4.24. The van der Waals surface area contributed by atoms with E-state index in [4.69, 9.17) is 15.3 Å². The van der Waals surface area contributed by atoms with Crippen LogP contribution in [0.25, 0.3) is 0 Å². The fourth-order valence-electron chi connectivity index (χ4n) is 0.401. The SMILES string of the molecule is C=CCOC(=O)/C(O)=C(\O)C(=O)O. The number of aliphatic carboxylic acids is 1. The lowest BCUT2D eigenvalue weighted by Gasteiger charge is -2.00. The van der Waals surface area contributed by atoms with E-state index < -0.39 is 23.5 Å². The molecular formula is C7H8O6. The number of rotatable bonds is 4. The maximum Gasteiger partial charge on any atom is 0.378 e. The molecule has 0 fully saturated rings. The Hall–Kier alpha value is -1.98. The van der Waals surface area contributed by atoms with Crippen LogP contribution in [0.1, 0.15) is 0 Å². The van der Waals surface area contributed by atoms with Gasteiger partial charge in [-0.05, 0) is 0 Å². The second-order valence-electron chi connectivity index (χ2n) is 1.89. The number of carbonyl (C=O) groups excluding carboxylic acids is 1. The molecule has 0 aliphatic rings. The lowest BCUT2D eigenvalue weighted by molar-refractivity contribution is -0.143. The quantitative estimate of drug-likeness (QED) is 0.250. The van der Waals surface area contributed by atoms with Gasteiger partial charge in [0, 0.05) is 0 Å². The maximum absolute atomic E-state index is 10.6. The van der Waals surface area contributed by atoms with Crippen molar-refractivity contribution in [3.05, 3.63) is 24.2 Å².